The van der Waals surface area contributed by atoms with E-state index in [1.54, 1.807) is 66.1 Å². The highest BCUT2D eigenvalue weighted by Crippen LogP contribution is 2.43. The molecule has 0 saturated carbocycles. The Balaban J connectivity index is 1.06. The summed E-state index contributed by atoms with van der Waals surface area (Å²) in [6.45, 7) is 4.49. The van der Waals surface area contributed by atoms with Crippen LogP contribution < -0.4 is 30.5 Å². The molecule has 3 saturated heterocycles. The lowest BCUT2D eigenvalue weighted by Crippen LogP contribution is -2.60. The Morgan fingerprint density at radius 3 is 2.46 bits per heavy atom. The molecule has 0 radical (unpaired) electrons. The number of hydrogen-bond donors (Lipinski definition) is 4. The molecular weight excluding hydrogens is 833 g/mol. The molecule has 326 valence electrons. The third kappa shape index (κ3) is 9.97. The lowest BCUT2D eigenvalue weighted by atomic mass is 10.0. The number of aryl methyl sites for hydroxylation is 1. The minimum absolute atomic E-state index is 0.0322. The number of rotatable bonds is 12. The van der Waals surface area contributed by atoms with Gasteiger partial charge < -0.3 is 20.3 Å². The first kappa shape index (κ1) is 44.9. The van der Waals surface area contributed by atoms with Gasteiger partial charge in [-0.3, -0.25) is 39.2 Å². The molecule has 0 spiro atoms. The zero-order valence-corrected chi connectivity index (χ0v) is 34.1. The molecule has 2 aromatic carbocycles. The van der Waals surface area contributed by atoms with Crippen LogP contribution in [0.5, 0.6) is 5.75 Å². The number of carbonyl (C=O) groups excluding carboxylic acids is 4. The molecule has 0 bridgehead atoms. The summed E-state index contributed by atoms with van der Waals surface area (Å²) >= 11 is 4.63. The topological polar surface area (TPSA) is 163 Å². The van der Waals surface area contributed by atoms with Crippen molar-refractivity contribution in [1.82, 2.24) is 20.1 Å². The van der Waals surface area contributed by atoms with Crippen molar-refractivity contribution in [3.8, 4) is 11.8 Å². The number of nitriles is 1. The van der Waals surface area contributed by atoms with Crippen molar-refractivity contribution < 1.29 is 50.3 Å². The lowest BCUT2D eigenvalue weighted by Gasteiger charge is -2.41. The predicted molar refractivity (Wildman–Crippen MR) is 215 cm³/mol. The molecule has 1 unspecified atom stereocenters. The molecule has 4 amide bonds. The SMILES string of the molecule is CCc1cc(N2[C@H](S)N(c3cnc(C#N)c(C(F)(F)F)c3)C(=O)C2(C)C)ccc1OCCN1CCN(CC(=O)Nc2cccc(NC3CCC(=O)NC3=O)c2)[C@H](C(F)(F)F)C1. The van der Waals surface area contributed by atoms with Crippen LogP contribution in [0, 0.1) is 11.3 Å². The largest absolute Gasteiger partial charge is 0.492 e. The van der Waals surface area contributed by atoms with Crippen LogP contribution in [-0.4, -0.2) is 107 Å². The van der Waals surface area contributed by atoms with Crippen molar-refractivity contribution in [1.29, 1.82) is 5.26 Å². The Hall–Kier alpha value is -5.59. The number of aromatic nitrogens is 1. The third-order valence-corrected chi connectivity index (χ3v) is 11.2. The van der Waals surface area contributed by atoms with Crippen LogP contribution in [0.15, 0.2) is 54.7 Å². The molecule has 21 heteroatoms. The van der Waals surface area contributed by atoms with E-state index in [4.69, 9.17) is 4.74 Å². The number of nitrogens with zero attached hydrogens (tertiary/aromatic N) is 6. The van der Waals surface area contributed by atoms with Crippen LogP contribution in [-0.2, 0) is 31.8 Å². The fraction of sp³-hybridized carbons (Fsp3) is 0.450. The van der Waals surface area contributed by atoms with Crippen molar-refractivity contribution in [2.24, 2.45) is 0 Å². The lowest BCUT2D eigenvalue weighted by molar-refractivity contribution is -0.197. The second-order valence-electron chi connectivity index (χ2n) is 15.2. The molecule has 3 atom stereocenters. The highest BCUT2D eigenvalue weighted by Gasteiger charge is 2.52. The summed E-state index contributed by atoms with van der Waals surface area (Å²) in [6, 6.07) is 11.0. The number of hydrogen-bond acceptors (Lipinski definition) is 12. The number of piperidine rings is 1. The molecule has 3 aliphatic heterocycles. The first-order valence-electron chi connectivity index (χ1n) is 19.3. The highest BCUT2D eigenvalue weighted by molar-refractivity contribution is 7.81. The quantitative estimate of drug-likeness (QED) is 0.108. The van der Waals surface area contributed by atoms with Gasteiger partial charge in [0.1, 0.15) is 36.0 Å². The van der Waals surface area contributed by atoms with E-state index in [0.29, 0.717) is 40.9 Å². The van der Waals surface area contributed by atoms with Crippen LogP contribution in [0.4, 0.5) is 49.1 Å². The number of carbonyl (C=O) groups is 4. The summed E-state index contributed by atoms with van der Waals surface area (Å²) in [4.78, 5) is 59.3. The molecule has 0 aliphatic carbocycles. The van der Waals surface area contributed by atoms with E-state index >= 15 is 0 Å². The predicted octanol–water partition coefficient (Wildman–Crippen LogP) is 5.16. The normalized spacial score (nSPS) is 21.3. The molecule has 3 fully saturated rings. The number of alkyl halides is 6. The Morgan fingerprint density at radius 2 is 1.79 bits per heavy atom. The summed E-state index contributed by atoms with van der Waals surface area (Å²) in [5.41, 5.74) is -2.66. The standard InChI is InChI=1S/C40H43F6N9O5S/c1-4-23-16-26(55-37(61)54(36(59)38(55,2)3)27-18-28(39(41,42)43)30(19-47)48-20-27)8-10-31(23)60-15-14-52-12-13-53(32(21-52)40(44,45)46)22-34(57)50-25-7-5-6-24(17-25)49-29-9-11-33(56)51-35(29)58/h5-8,10,16-18,20,29,32,37,49,61H,4,9,11-15,21-22H2,1-3H3,(H,50,57)(H,51,56,58)/t29?,32-,37+/m0/s1. The Labute approximate surface area is 352 Å². The number of thiol groups is 1. The van der Waals surface area contributed by atoms with E-state index in [-0.39, 0.29) is 50.7 Å². The van der Waals surface area contributed by atoms with Crippen molar-refractivity contribution in [2.75, 3.05) is 59.8 Å². The van der Waals surface area contributed by atoms with Gasteiger partial charge in [0.2, 0.25) is 17.7 Å². The Kier molecular flexibility index (Phi) is 13.1. The van der Waals surface area contributed by atoms with Crippen LogP contribution in [0.2, 0.25) is 0 Å². The van der Waals surface area contributed by atoms with E-state index < -0.39 is 77.5 Å². The minimum atomic E-state index is -4.89. The van der Waals surface area contributed by atoms with Gasteiger partial charge in [0, 0.05) is 49.7 Å². The van der Waals surface area contributed by atoms with Crippen LogP contribution in [0.25, 0.3) is 0 Å². The van der Waals surface area contributed by atoms with Gasteiger partial charge in [0.25, 0.3) is 5.91 Å². The van der Waals surface area contributed by atoms with Crippen molar-refractivity contribution >= 4 is 59.0 Å². The molecule has 6 rings (SSSR count). The molecule has 61 heavy (non-hydrogen) atoms. The molecule has 3 aromatic rings. The maximum absolute atomic E-state index is 14.4. The van der Waals surface area contributed by atoms with Crippen LogP contribution in [0.1, 0.15) is 50.4 Å². The summed E-state index contributed by atoms with van der Waals surface area (Å²) < 4.78 is 90.4. The van der Waals surface area contributed by atoms with E-state index in [2.05, 4.69) is 33.6 Å². The molecule has 14 nitrogen and oxygen atoms in total. The van der Waals surface area contributed by atoms with Gasteiger partial charge in [-0.1, -0.05) is 13.0 Å². The van der Waals surface area contributed by atoms with E-state index in [1.165, 1.54) is 6.07 Å². The summed E-state index contributed by atoms with van der Waals surface area (Å²) in [5.74, 6) is -1.60. The number of pyridine rings is 1. The van der Waals surface area contributed by atoms with Gasteiger partial charge in [-0.25, -0.2) is 4.98 Å². The number of halogens is 6. The molecule has 3 aliphatic rings. The number of nitrogens with one attached hydrogen (secondary N) is 3. The zero-order chi connectivity index (χ0) is 44.4. The zero-order valence-electron chi connectivity index (χ0n) is 33.2. The first-order chi connectivity index (χ1) is 28.7. The van der Waals surface area contributed by atoms with Gasteiger partial charge in [-0.15, -0.1) is 12.6 Å². The number of amides is 4. The van der Waals surface area contributed by atoms with E-state index in [0.717, 1.165) is 16.0 Å². The fourth-order valence-corrected chi connectivity index (χ4v) is 8.27. The molecule has 3 N–H and O–H groups in total. The second kappa shape index (κ2) is 17.8. The van der Waals surface area contributed by atoms with Crippen LogP contribution >= 0.6 is 12.6 Å². The second-order valence-corrected chi connectivity index (χ2v) is 15.7. The number of benzene rings is 2. The average Bonchev–Trinajstić information content (AvgIpc) is 3.37. The smallest absolute Gasteiger partial charge is 0.419 e. The fourth-order valence-electron chi connectivity index (χ4n) is 7.61. The summed E-state index contributed by atoms with van der Waals surface area (Å²) in [7, 11) is 0. The summed E-state index contributed by atoms with van der Waals surface area (Å²) in [5, 5.41) is 17.1. The number of ether oxygens (including phenoxy) is 1. The molecule has 4 heterocycles. The van der Waals surface area contributed by atoms with Gasteiger partial charge in [-0.05, 0) is 74.7 Å². The monoisotopic (exact) mass is 875 g/mol. The van der Waals surface area contributed by atoms with Gasteiger partial charge >= 0.3 is 12.4 Å². The van der Waals surface area contributed by atoms with Crippen molar-refractivity contribution in [3.63, 3.8) is 0 Å². The maximum atomic E-state index is 14.4. The van der Waals surface area contributed by atoms with Gasteiger partial charge in [0.05, 0.1) is 24.0 Å². The van der Waals surface area contributed by atoms with Crippen molar-refractivity contribution in [3.05, 3.63) is 71.5 Å². The Morgan fingerprint density at radius 1 is 1.05 bits per heavy atom. The first-order valence-corrected chi connectivity index (χ1v) is 19.8. The number of anilines is 4. The number of piperazine rings is 1. The van der Waals surface area contributed by atoms with E-state index in [1.807, 2.05) is 6.92 Å². The van der Waals surface area contributed by atoms with Crippen LogP contribution in [0.3, 0.4) is 0 Å². The summed E-state index contributed by atoms with van der Waals surface area (Å²) in [6.07, 6.45) is -7.60. The number of imide groups is 1. The third-order valence-electron chi connectivity index (χ3n) is 10.8. The highest BCUT2D eigenvalue weighted by atomic mass is 32.1. The minimum Gasteiger partial charge on any atom is -0.492 e. The molecule has 1 aromatic heterocycles. The van der Waals surface area contributed by atoms with Gasteiger partial charge in [-0.2, -0.15) is 31.6 Å². The van der Waals surface area contributed by atoms with E-state index in [9.17, 15) is 50.8 Å². The Bertz CT molecular complexity index is 2220. The van der Waals surface area contributed by atoms with Gasteiger partial charge in [0.15, 0.2) is 11.2 Å². The average molecular weight is 876 g/mol. The van der Waals surface area contributed by atoms with Crippen molar-refractivity contribution in [2.45, 2.75) is 75.5 Å². The molecular formula is C40H43F6N9O5S. The maximum Gasteiger partial charge on any atom is 0.419 e.